The topological polar surface area (TPSA) is 75.7 Å². The minimum atomic E-state index is -3.62. The average Bonchev–Trinajstić information content (AvgIpc) is 2.71. The van der Waals surface area contributed by atoms with Gasteiger partial charge in [-0.1, -0.05) is 32.0 Å². The Kier molecular flexibility index (Phi) is 6.59. The molecule has 0 radical (unpaired) electrons. The van der Waals surface area contributed by atoms with Gasteiger partial charge in [-0.3, -0.25) is 4.79 Å². The average molecular weight is 417 g/mol. The molecule has 2 aromatic carbocycles. The summed E-state index contributed by atoms with van der Waals surface area (Å²) in [7, 11) is -2.02. The van der Waals surface area contributed by atoms with E-state index >= 15 is 0 Å². The zero-order valence-corrected chi connectivity index (χ0v) is 17.9. The van der Waals surface area contributed by atoms with Gasteiger partial charge >= 0.3 is 0 Å². The molecule has 1 heterocycles. The molecular formula is C22H28N2O4S. The second-order valence-corrected chi connectivity index (χ2v) is 9.76. The van der Waals surface area contributed by atoms with Gasteiger partial charge in [0.15, 0.2) is 0 Å². The number of ether oxygens (including phenoxy) is 1. The van der Waals surface area contributed by atoms with Crippen molar-refractivity contribution in [2.45, 2.75) is 31.7 Å². The number of sulfonamides is 1. The van der Waals surface area contributed by atoms with Gasteiger partial charge in [0.2, 0.25) is 10.0 Å². The Bertz CT molecular complexity index is 947. The first-order valence-corrected chi connectivity index (χ1v) is 11.2. The highest BCUT2D eigenvalue weighted by Crippen LogP contribution is 2.27. The van der Waals surface area contributed by atoms with E-state index in [1.807, 2.05) is 24.3 Å². The molecule has 1 aliphatic heterocycles. The summed E-state index contributed by atoms with van der Waals surface area (Å²) in [6, 6.07) is 13.7. The van der Waals surface area contributed by atoms with Crippen LogP contribution in [0.15, 0.2) is 53.4 Å². The Hall–Kier alpha value is -2.38. The van der Waals surface area contributed by atoms with Crippen molar-refractivity contribution in [1.82, 2.24) is 9.62 Å². The summed E-state index contributed by atoms with van der Waals surface area (Å²) in [6.45, 7) is 5.52. The van der Waals surface area contributed by atoms with Gasteiger partial charge in [-0.15, -0.1) is 0 Å². The van der Waals surface area contributed by atoms with E-state index in [0.29, 0.717) is 37.0 Å². The predicted molar refractivity (Wildman–Crippen MR) is 112 cm³/mol. The zero-order chi connectivity index (χ0) is 21.0. The fourth-order valence-electron chi connectivity index (χ4n) is 3.78. The van der Waals surface area contributed by atoms with E-state index in [1.54, 1.807) is 29.6 Å². The van der Waals surface area contributed by atoms with E-state index in [2.05, 4.69) is 19.2 Å². The molecule has 0 aliphatic carbocycles. The van der Waals surface area contributed by atoms with Crippen molar-refractivity contribution >= 4 is 15.9 Å². The summed E-state index contributed by atoms with van der Waals surface area (Å²) in [5, 5.41) is 2.84. The van der Waals surface area contributed by atoms with Crippen molar-refractivity contribution < 1.29 is 17.9 Å². The predicted octanol–water partition coefficient (Wildman–Crippen LogP) is 3.29. The molecule has 2 unspecified atom stereocenters. The van der Waals surface area contributed by atoms with Gasteiger partial charge < -0.3 is 10.1 Å². The number of rotatable bonds is 6. The molecule has 0 spiro atoms. The van der Waals surface area contributed by atoms with E-state index in [9.17, 15) is 13.2 Å². The maximum absolute atomic E-state index is 13.1. The van der Waals surface area contributed by atoms with Crippen molar-refractivity contribution in [2.24, 2.45) is 11.8 Å². The molecule has 1 amide bonds. The Morgan fingerprint density at radius 2 is 1.76 bits per heavy atom. The van der Waals surface area contributed by atoms with Gasteiger partial charge in [0, 0.05) is 25.2 Å². The summed E-state index contributed by atoms with van der Waals surface area (Å²) in [6.07, 6.45) is 1.03. The van der Waals surface area contributed by atoms with E-state index in [4.69, 9.17) is 4.74 Å². The van der Waals surface area contributed by atoms with Crippen LogP contribution in [-0.4, -0.2) is 38.8 Å². The van der Waals surface area contributed by atoms with Crippen LogP contribution in [-0.2, 0) is 16.6 Å². The number of carbonyl (C=O) groups excluding carboxylic acids is 1. The first-order chi connectivity index (χ1) is 13.8. The third-order valence-electron chi connectivity index (χ3n) is 5.18. The number of amides is 1. The first-order valence-electron chi connectivity index (χ1n) is 9.81. The monoisotopic (exact) mass is 416 g/mol. The maximum atomic E-state index is 13.1. The van der Waals surface area contributed by atoms with E-state index in [0.717, 1.165) is 17.7 Å². The number of hydrogen-bond acceptors (Lipinski definition) is 4. The molecule has 1 aliphatic rings. The lowest BCUT2D eigenvalue weighted by Gasteiger charge is -2.34. The molecule has 1 saturated heterocycles. The van der Waals surface area contributed by atoms with Gasteiger partial charge in [-0.25, -0.2) is 8.42 Å². The normalized spacial score (nSPS) is 20.2. The van der Waals surface area contributed by atoms with Crippen LogP contribution in [0.25, 0.3) is 0 Å². The summed E-state index contributed by atoms with van der Waals surface area (Å²) in [4.78, 5) is 12.7. The molecule has 2 atom stereocenters. The summed E-state index contributed by atoms with van der Waals surface area (Å²) in [5.41, 5.74) is 1.26. The van der Waals surface area contributed by atoms with Crippen molar-refractivity contribution in [3.63, 3.8) is 0 Å². The van der Waals surface area contributed by atoms with Crippen molar-refractivity contribution in [1.29, 1.82) is 0 Å². The molecule has 0 bridgehead atoms. The van der Waals surface area contributed by atoms with Crippen LogP contribution < -0.4 is 10.1 Å². The zero-order valence-electron chi connectivity index (χ0n) is 17.1. The fraction of sp³-hybridized carbons (Fsp3) is 0.409. The Morgan fingerprint density at radius 1 is 1.10 bits per heavy atom. The number of methoxy groups -OCH3 is 1. The minimum Gasteiger partial charge on any atom is -0.497 e. The van der Waals surface area contributed by atoms with Crippen LogP contribution >= 0.6 is 0 Å². The number of benzene rings is 2. The second-order valence-electron chi connectivity index (χ2n) is 7.83. The minimum absolute atomic E-state index is 0.163. The van der Waals surface area contributed by atoms with E-state index in [1.165, 1.54) is 6.07 Å². The van der Waals surface area contributed by atoms with Gasteiger partial charge in [0.25, 0.3) is 5.91 Å². The quantitative estimate of drug-likeness (QED) is 0.784. The number of piperidine rings is 1. The number of hydrogen-bond donors (Lipinski definition) is 1. The van der Waals surface area contributed by atoms with Crippen molar-refractivity contribution in [2.75, 3.05) is 20.2 Å². The van der Waals surface area contributed by atoms with Gasteiger partial charge in [-0.05, 0) is 54.2 Å². The fourth-order valence-corrected chi connectivity index (χ4v) is 5.50. The smallest absolute Gasteiger partial charge is 0.251 e. The Balaban J connectivity index is 1.71. The molecule has 7 heteroatoms. The molecule has 1 fully saturated rings. The van der Waals surface area contributed by atoms with Gasteiger partial charge in [-0.2, -0.15) is 4.31 Å². The number of nitrogens with one attached hydrogen (secondary N) is 1. The molecule has 6 nitrogen and oxygen atoms in total. The Labute approximate surface area is 172 Å². The van der Waals surface area contributed by atoms with Gasteiger partial charge in [0.1, 0.15) is 5.75 Å². The van der Waals surface area contributed by atoms with Crippen LogP contribution in [0.2, 0.25) is 0 Å². The first kappa shape index (κ1) is 21.3. The largest absolute Gasteiger partial charge is 0.497 e. The summed E-state index contributed by atoms with van der Waals surface area (Å²) >= 11 is 0. The van der Waals surface area contributed by atoms with Crippen LogP contribution in [0.3, 0.4) is 0 Å². The highest BCUT2D eigenvalue weighted by atomic mass is 32.2. The highest BCUT2D eigenvalue weighted by molar-refractivity contribution is 7.89. The lowest BCUT2D eigenvalue weighted by Crippen LogP contribution is -2.42. The molecule has 29 heavy (non-hydrogen) atoms. The third-order valence-corrected chi connectivity index (χ3v) is 7.01. The molecule has 156 valence electrons. The van der Waals surface area contributed by atoms with E-state index in [-0.39, 0.29) is 10.8 Å². The standard InChI is InChI=1S/C22H28N2O4S/c1-16-11-17(2)15-24(14-16)29(26,27)21-6-4-5-19(12-21)22(25)23-13-18-7-9-20(28-3)10-8-18/h4-10,12,16-17H,11,13-15H2,1-3H3,(H,23,25). The lowest BCUT2D eigenvalue weighted by atomic mass is 9.94. The molecule has 1 N–H and O–H groups in total. The SMILES string of the molecule is COc1ccc(CNC(=O)c2cccc(S(=O)(=O)N3CC(C)CC(C)C3)c2)cc1. The molecular weight excluding hydrogens is 388 g/mol. The molecule has 2 aromatic rings. The van der Waals surface area contributed by atoms with Crippen LogP contribution in [0.5, 0.6) is 5.75 Å². The second kappa shape index (κ2) is 8.97. The Morgan fingerprint density at radius 3 is 2.38 bits per heavy atom. The maximum Gasteiger partial charge on any atom is 0.251 e. The van der Waals surface area contributed by atoms with Crippen LogP contribution in [0, 0.1) is 11.8 Å². The third kappa shape index (κ3) is 5.16. The van der Waals surface area contributed by atoms with E-state index < -0.39 is 10.0 Å². The van der Waals surface area contributed by atoms with Gasteiger partial charge in [0.05, 0.1) is 12.0 Å². The number of carbonyl (C=O) groups is 1. The molecule has 0 aromatic heterocycles. The number of nitrogens with zero attached hydrogens (tertiary/aromatic N) is 1. The summed E-state index contributed by atoms with van der Waals surface area (Å²) < 4.78 is 32.8. The summed E-state index contributed by atoms with van der Waals surface area (Å²) in [5.74, 6) is 1.09. The van der Waals surface area contributed by atoms with Crippen LogP contribution in [0.1, 0.15) is 36.2 Å². The van der Waals surface area contributed by atoms with Crippen molar-refractivity contribution in [3.8, 4) is 5.75 Å². The lowest BCUT2D eigenvalue weighted by molar-refractivity contribution is 0.0950. The van der Waals surface area contributed by atoms with Crippen LogP contribution in [0.4, 0.5) is 0 Å². The van der Waals surface area contributed by atoms with Crippen molar-refractivity contribution in [3.05, 3.63) is 59.7 Å². The highest BCUT2D eigenvalue weighted by Gasteiger charge is 2.31. The molecule has 0 saturated carbocycles. The molecule has 3 rings (SSSR count).